The van der Waals surface area contributed by atoms with Gasteiger partial charge in [0, 0.05) is 23.7 Å². The fourth-order valence-electron chi connectivity index (χ4n) is 3.36. The molecule has 10 heteroatoms. The summed E-state index contributed by atoms with van der Waals surface area (Å²) in [5.41, 5.74) is 1.63. The Labute approximate surface area is 174 Å². The van der Waals surface area contributed by atoms with Gasteiger partial charge in [-0.05, 0) is 31.2 Å². The first-order valence-electron chi connectivity index (χ1n) is 9.38. The Morgan fingerprint density at radius 1 is 1.31 bits per heavy atom. The van der Waals surface area contributed by atoms with Crippen molar-refractivity contribution in [3.8, 4) is 0 Å². The summed E-state index contributed by atoms with van der Waals surface area (Å²) in [6, 6.07) is 0. The number of ether oxygens (including phenoxy) is 1. The van der Waals surface area contributed by atoms with Crippen LogP contribution in [-0.4, -0.2) is 26.4 Å². The molecule has 8 nitrogen and oxygen atoms in total. The highest BCUT2D eigenvalue weighted by Crippen LogP contribution is 2.33. The Morgan fingerprint density at radius 2 is 2.14 bits per heavy atom. The second kappa shape index (κ2) is 8.42. The molecule has 152 valence electrons. The number of aromatic nitrogens is 3. The Balaban J connectivity index is 1.37. The maximum Gasteiger partial charge on any atom is 0.307 e. The maximum absolute atomic E-state index is 12.9. The smallest absolute Gasteiger partial charge is 0.307 e. The van der Waals surface area contributed by atoms with Crippen molar-refractivity contribution >= 4 is 49.9 Å². The summed E-state index contributed by atoms with van der Waals surface area (Å²) in [7, 11) is 0. The van der Waals surface area contributed by atoms with Crippen LogP contribution in [0.5, 0.6) is 0 Å². The lowest BCUT2D eigenvalue weighted by molar-refractivity contribution is -0.145. The van der Waals surface area contributed by atoms with Crippen molar-refractivity contribution in [2.45, 2.75) is 52.2 Å². The number of rotatable bonds is 6. The van der Waals surface area contributed by atoms with E-state index < -0.39 is 5.97 Å². The van der Waals surface area contributed by atoms with E-state index in [-0.39, 0.29) is 31.0 Å². The zero-order valence-electron chi connectivity index (χ0n) is 15.9. The van der Waals surface area contributed by atoms with Crippen molar-refractivity contribution in [3.63, 3.8) is 0 Å². The van der Waals surface area contributed by atoms with Crippen LogP contribution in [0.3, 0.4) is 0 Å². The molecule has 3 aromatic rings. The minimum Gasteiger partial charge on any atom is -0.459 e. The Kier molecular flexibility index (Phi) is 5.72. The van der Waals surface area contributed by atoms with E-state index in [1.54, 1.807) is 16.7 Å². The van der Waals surface area contributed by atoms with Gasteiger partial charge in [-0.1, -0.05) is 0 Å². The molecule has 0 saturated heterocycles. The number of fused-ring (bicyclic) bond motifs is 3. The van der Waals surface area contributed by atoms with Gasteiger partial charge in [-0.15, -0.1) is 22.7 Å². The molecule has 0 aromatic carbocycles. The highest BCUT2D eigenvalue weighted by atomic mass is 32.1. The lowest BCUT2D eigenvalue weighted by Crippen LogP contribution is -2.23. The second-order valence-corrected chi connectivity index (χ2v) is 8.81. The van der Waals surface area contributed by atoms with Gasteiger partial charge in [-0.3, -0.25) is 19.0 Å². The van der Waals surface area contributed by atoms with E-state index in [1.807, 2.05) is 0 Å². The third kappa shape index (κ3) is 4.38. The van der Waals surface area contributed by atoms with Gasteiger partial charge in [-0.2, -0.15) is 0 Å². The SMILES string of the molecule is CC(=O)Nc1nc(COC(=O)CCn2cnc3sc4c(c3c2=O)CCCC4)cs1. The van der Waals surface area contributed by atoms with Crippen LogP contribution in [0.4, 0.5) is 5.13 Å². The number of nitrogens with zero attached hydrogens (tertiary/aromatic N) is 3. The van der Waals surface area contributed by atoms with Crippen molar-refractivity contribution in [2.24, 2.45) is 0 Å². The van der Waals surface area contributed by atoms with Gasteiger partial charge in [-0.25, -0.2) is 9.97 Å². The van der Waals surface area contributed by atoms with E-state index in [0.717, 1.165) is 36.1 Å². The molecule has 3 aromatic heterocycles. The van der Waals surface area contributed by atoms with Crippen molar-refractivity contribution in [3.05, 3.63) is 38.2 Å². The van der Waals surface area contributed by atoms with E-state index in [0.29, 0.717) is 16.2 Å². The Hall–Kier alpha value is -2.59. The number of esters is 1. The molecule has 4 rings (SSSR count). The second-order valence-electron chi connectivity index (χ2n) is 6.87. The number of anilines is 1. The normalized spacial score (nSPS) is 13.3. The van der Waals surface area contributed by atoms with Crippen molar-refractivity contribution < 1.29 is 14.3 Å². The molecule has 0 aliphatic heterocycles. The molecule has 0 saturated carbocycles. The molecular weight excluding hydrogens is 412 g/mol. The molecule has 0 spiro atoms. The zero-order valence-corrected chi connectivity index (χ0v) is 17.5. The molecular formula is C19H20N4O4S2. The Bertz CT molecular complexity index is 1130. The van der Waals surface area contributed by atoms with Crippen LogP contribution in [0.1, 0.15) is 42.3 Å². The summed E-state index contributed by atoms with van der Waals surface area (Å²) < 4.78 is 6.72. The van der Waals surface area contributed by atoms with Crippen LogP contribution in [0, 0.1) is 0 Å². The predicted molar refractivity (Wildman–Crippen MR) is 111 cm³/mol. The minimum atomic E-state index is -0.418. The number of hydrogen-bond donors (Lipinski definition) is 1. The standard InChI is InChI=1S/C19H20N4O4S2/c1-11(24)21-19-22-12(9-28-19)8-27-15(25)6-7-23-10-20-17-16(18(23)26)13-4-2-3-5-14(13)29-17/h9-10H,2-8H2,1H3,(H,21,22,24). The van der Waals surface area contributed by atoms with Crippen molar-refractivity contribution in [2.75, 3.05) is 5.32 Å². The minimum absolute atomic E-state index is 0.0269. The molecule has 1 N–H and O–H groups in total. The summed E-state index contributed by atoms with van der Waals surface area (Å²) in [5.74, 6) is -0.621. The van der Waals surface area contributed by atoms with E-state index in [1.165, 1.54) is 34.0 Å². The van der Waals surface area contributed by atoms with Gasteiger partial charge >= 0.3 is 5.97 Å². The van der Waals surface area contributed by atoms with Gasteiger partial charge in [0.15, 0.2) is 5.13 Å². The lowest BCUT2D eigenvalue weighted by Gasteiger charge is -2.10. The van der Waals surface area contributed by atoms with Gasteiger partial charge in [0.05, 0.1) is 23.8 Å². The van der Waals surface area contributed by atoms with Crippen LogP contribution in [0.2, 0.25) is 0 Å². The number of thiazole rings is 1. The summed E-state index contributed by atoms with van der Waals surface area (Å²) >= 11 is 2.88. The molecule has 1 aliphatic carbocycles. The molecule has 0 unspecified atom stereocenters. The Morgan fingerprint density at radius 3 is 2.97 bits per heavy atom. The van der Waals surface area contributed by atoms with Crippen LogP contribution in [0.15, 0.2) is 16.5 Å². The third-order valence-electron chi connectivity index (χ3n) is 4.71. The fraction of sp³-hybridized carbons (Fsp3) is 0.421. The number of aryl methyl sites for hydroxylation is 3. The first kappa shape index (κ1) is 19.7. The summed E-state index contributed by atoms with van der Waals surface area (Å²) in [4.78, 5) is 46.6. The average molecular weight is 433 g/mol. The van der Waals surface area contributed by atoms with E-state index >= 15 is 0 Å². The van der Waals surface area contributed by atoms with E-state index in [4.69, 9.17) is 4.74 Å². The van der Waals surface area contributed by atoms with Crippen LogP contribution in [-0.2, 0) is 40.3 Å². The van der Waals surface area contributed by atoms with Gasteiger partial charge in [0.1, 0.15) is 11.4 Å². The monoisotopic (exact) mass is 432 g/mol. The largest absolute Gasteiger partial charge is 0.459 e. The maximum atomic E-state index is 12.9. The van der Waals surface area contributed by atoms with Crippen LogP contribution in [0.25, 0.3) is 10.2 Å². The third-order valence-corrected chi connectivity index (χ3v) is 6.72. The molecule has 1 aliphatic rings. The molecule has 1 amide bonds. The van der Waals surface area contributed by atoms with E-state index in [2.05, 4.69) is 15.3 Å². The molecule has 29 heavy (non-hydrogen) atoms. The van der Waals surface area contributed by atoms with Gasteiger partial charge in [0.25, 0.3) is 5.56 Å². The highest BCUT2D eigenvalue weighted by molar-refractivity contribution is 7.18. The van der Waals surface area contributed by atoms with Crippen molar-refractivity contribution in [1.29, 1.82) is 0 Å². The summed E-state index contributed by atoms with van der Waals surface area (Å²) in [6.07, 6.45) is 5.78. The quantitative estimate of drug-likeness (QED) is 0.601. The lowest BCUT2D eigenvalue weighted by atomic mass is 9.97. The average Bonchev–Trinajstić information content (AvgIpc) is 3.29. The van der Waals surface area contributed by atoms with Crippen molar-refractivity contribution in [1.82, 2.24) is 14.5 Å². The van der Waals surface area contributed by atoms with Gasteiger partial charge in [0.2, 0.25) is 5.91 Å². The first-order chi connectivity index (χ1) is 14.0. The predicted octanol–water partition coefficient (Wildman–Crippen LogP) is 2.89. The number of amides is 1. The fourth-order valence-corrected chi connectivity index (χ4v) is 5.32. The summed E-state index contributed by atoms with van der Waals surface area (Å²) in [6.45, 7) is 1.65. The van der Waals surface area contributed by atoms with Gasteiger partial charge < -0.3 is 10.1 Å². The summed E-state index contributed by atoms with van der Waals surface area (Å²) in [5, 5.41) is 5.49. The van der Waals surface area contributed by atoms with Crippen LogP contribution >= 0.6 is 22.7 Å². The number of hydrogen-bond acceptors (Lipinski definition) is 8. The molecule has 0 radical (unpaired) electrons. The molecule has 3 heterocycles. The van der Waals surface area contributed by atoms with E-state index in [9.17, 15) is 14.4 Å². The molecule has 0 fully saturated rings. The van der Waals surface area contributed by atoms with Crippen LogP contribution < -0.4 is 10.9 Å². The number of carbonyl (C=O) groups excluding carboxylic acids is 2. The number of carbonyl (C=O) groups is 2. The highest BCUT2D eigenvalue weighted by Gasteiger charge is 2.20. The molecule has 0 bridgehead atoms. The number of nitrogens with one attached hydrogen (secondary N) is 1. The topological polar surface area (TPSA) is 103 Å². The number of thiophene rings is 1. The molecule has 0 atom stereocenters. The first-order valence-corrected chi connectivity index (χ1v) is 11.1. The zero-order chi connectivity index (χ0) is 20.4.